The largest absolute Gasteiger partial charge is 0.492 e. The summed E-state index contributed by atoms with van der Waals surface area (Å²) < 4.78 is 5.77. The average molecular weight is 338 g/mol. The van der Waals surface area contributed by atoms with Crippen LogP contribution in [-0.2, 0) is 6.42 Å². The first-order chi connectivity index (χ1) is 12.1. The molecule has 0 saturated carbocycles. The molecule has 2 amide bonds. The summed E-state index contributed by atoms with van der Waals surface area (Å²) in [6.45, 7) is 7.34. The molecule has 25 heavy (non-hydrogen) atoms. The zero-order chi connectivity index (χ0) is 17.8. The van der Waals surface area contributed by atoms with Crippen LogP contribution in [0.25, 0.3) is 0 Å². The maximum atomic E-state index is 12.5. The number of fused-ring (bicyclic) bond motifs is 1. The second-order valence-electron chi connectivity index (χ2n) is 6.86. The molecule has 0 aliphatic carbocycles. The molecule has 1 aliphatic rings. The Morgan fingerprint density at radius 3 is 2.84 bits per heavy atom. The van der Waals surface area contributed by atoms with Crippen LogP contribution in [0.2, 0.25) is 0 Å². The van der Waals surface area contributed by atoms with Crippen molar-refractivity contribution in [2.45, 2.75) is 39.2 Å². The Bertz CT molecular complexity index is 742. The molecule has 2 aromatic carbocycles. The van der Waals surface area contributed by atoms with E-state index >= 15 is 0 Å². The molecule has 132 valence electrons. The van der Waals surface area contributed by atoms with Crippen LogP contribution in [0.4, 0.5) is 10.5 Å². The van der Waals surface area contributed by atoms with Gasteiger partial charge in [-0.3, -0.25) is 4.90 Å². The van der Waals surface area contributed by atoms with Gasteiger partial charge in [0.15, 0.2) is 0 Å². The number of rotatable bonds is 5. The minimum atomic E-state index is -0.0584. The van der Waals surface area contributed by atoms with Gasteiger partial charge in [-0.05, 0) is 48.6 Å². The fourth-order valence-corrected chi connectivity index (χ4v) is 3.25. The smallest absolute Gasteiger partial charge is 0.322 e. The van der Waals surface area contributed by atoms with Gasteiger partial charge in [-0.1, -0.05) is 44.2 Å². The third kappa shape index (κ3) is 3.95. The highest BCUT2D eigenvalue weighted by atomic mass is 16.5. The first-order valence-corrected chi connectivity index (χ1v) is 8.94. The van der Waals surface area contributed by atoms with Gasteiger partial charge in [-0.2, -0.15) is 0 Å². The summed E-state index contributed by atoms with van der Waals surface area (Å²) in [6, 6.07) is 16.3. The highest BCUT2D eigenvalue weighted by Crippen LogP contribution is 2.31. The summed E-state index contributed by atoms with van der Waals surface area (Å²) >= 11 is 0. The van der Waals surface area contributed by atoms with Crippen molar-refractivity contribution in [3.63, 3.8) is 0 Å². The van der Waals surface area contributed by atoms with Gasteiger partial charge in [-0.15, -0.1) is 0 Å². The third-order valence-electron chi connectivity index (χ3n) is 4.60. The summed E-state index contributed by atoms with van der Waals surface area (Å²) in [5.74, 6) is 1.32. The van der Waals surface area contributed by atoms with Gasteiger partial charge in [0.2, 0.25) is 0 Å². The Morgan fingerprint density at radius 1 is 1.24 bits per heavy atom. The van der Waals surface area contributed by atoms with Gasteiger partial charge >= 0.3 is 6.03 Å². The van der Waals surface area contributed by atoms with Crippen LogP contribution in [0.1, 0.15) is 37.8 Å². The van der Waals surface area contributed by atoms with Crippen LogP contribution < -0.4 is 15.0 Å². The molecule has 0 bridgehead atoms. The SMILES string of the molecule is CC(C)c1cccc(OCCNC(=O)N2c3ccccc3CC2C)c1. The highest BCUT2D eigenvalue weighted by Gasteiger charge is 2.30. The number of hydrogen-bond acceptors (Lipinski definition) is 2. The molecule has 0 aromatic heterocycles. The summed E-state index contributed by atoms with van der Waals surface area (Å²) in [4.78, 5) is 14.4. The van der Waals surface area contributed by atoms with Crippen molar-refractivity contribution < 1.29 is 9.53 Å². The molecule has 1 atom stereocenters. The number of carbonyl (C=O) groups excluding carboxylic acids is 1. The van der Waals surface area contributed by atoms with E-state index in [-0.39, 0.29) is 12.1 Å². The molecule has 3 rings (SSSR count). The Balaban J connectivity index is 1.51. The number of benzene rings is 2. The lowest BCUT2D eigenvalue weighted by Crippen LogP contribution is -2.44. The number of carbonyl (C=O) groups is 1. The molecule has 4 nitrogen and oxygen atoms in total. The molecule has 1 N–H and O–H groups in total. The minimum Gasteiger partial charge on any atom is -0.492 e. The van der Waals surface area contributed by atoms with Crippen LogP contribution >= 0.6 is 0 Å². The van der Waals surface area contributed by atoms with E-state index in [0.717, 1.165) is 17.9 Å². The van der Waals surface area contributed by atoms with Crippen molar-refractivity contribution >= 4 is 11.7 Å². The standard InChI is InChI=1S/C21H26N2O2/c1-15(2)17-8-6-9-19(14-17)25-12-11-22-21(24)23-16(3)13-18-7-4-5-10-20(18)23/h4-10,14-16H,11-13H2,1-3H3,(H,22,24). The zero-order valence-electron chi connectivity index (χ0n) is 15.2. The van der Waals surface area contributed by atoms with Crippen molar-refractivity contribution in [3.8, 4) is 5.75 Å². The van der Waals surface area contributed by atoms with Gasteiger partial charge in [0, 0.05) is 11.7 Å². The fraction of sp³-hybridized carbons (Fsp3) is 0.381. The van der Waals surface area contributed by atoms with Crippen molar-refractivity contribution in [3.05, 3.63) is 59.7 Å². The van der Waals surface area contributed by atoms with Gasteiger partial charge in [0.1, 0.15) is 12.4 Å². The number of urea groups is 1. The highest BCUT2D eigenvalue weighted by molar-refractivity contribution is 5.94. The first-order valence-electron chi connectivity index (χ1n) is 8.94. The predicted octanol–water partition coefficient (Wildman–Crippen LogP) is 4.35. The van der Waals surface area contributed by atoms with E-state index < -0.39 is 0 Å². The molecular weight excluding hydrogens is 312 g/mol. The van der Waals surface area contributed by atoms with Gasteiger partial charge in [0.05, 0.1) is 6.54 Å². The number of ether oxygens (including phenoxy) is 1. The summed E-state index contributed by atoms with van der Waals surface area (Å²) in [5, 5.41) is 2.97. The Morgan fingerprint density at radius 2 is 2.04 bits per heavy atom. The second kappa shape index (κ2) is 7.60. The minimum absolute atomic E-state index is 0.0584. The molecule has 2 aromatic rings. The van der Waals surface area contributed by atoms with E-state index in [2.05, 4.69) is 44.3 Å². The number of nitrogens with zero attached hydrogens (tertiary/aromatic N) is 1. The van der Waals surface area contributed by atoms with Crippen molar-refractivity contribution in [2.75, 3.05) is 18.1 Å². The van der Waals surface area contributed by atoms with Gasteiger partial charge in [-0.25, -0.2) is 4.79 Å². The first kappa shape index (κ1) is 17.3. The third-order valence-corrected chi connectivity index (χ3v) is 4.60. The molecule has 1 aliphatic heterocycles. The van der Waals surface area contributed by atoms with Crippen LogP contribution in [0.3, 0.4) is 0 Å². The summed E-state index contributed by atoms with van der Waals surface area (Å²) in [6.07, 6.45) is 0.905. The van der Waals surface area contributed by atoms with Crippen LogP contribution in [0.5, 0.6) is 5.75 Å². The maximum Gasteiger partial charge on any atom is 0.322 e. The topological polar surface area (TPSA) is 41.6 Å². The van der Waals surface area contributed by atoms with Gasteiger partial charge < -0.3 is 10.1 Å². The summed E-state index contributed by atoms with van der Waals surface area (Å²) in [5.41, 5.74) is 3.49. The number of nitrogens with one attached hydrogen (secondary N) is 1. The molecular formula is C21H26N2O2. The lowest BCUT2D eigenvalue weighted by Gasteiger charge is -2.23. The van der Waals surface area contributed by atoms with E-state index in [0.29, 0.717) is 19.1 Å². The van der Waals surface area contributed by atoms with Crippen molar-refractivity contribution in [1.29, 1.82) is 0 Å². The van der Waals surface area contributed by atoms with E-state index in [1.54, 1.807) is 0 Å². The van der Waals surface area contributed by atoms with Crippen molar-refractivity contribution in [1.82, 2.24) is 5.32 Å². The second-order valence-corrected chi connectivity index (χ2v) is 6.86. The molecule has 4 heteroatoms. The zero-order valence-corrected chi connectivity index (χ0v) is 15.2. The molecule has 0 saturated heterocycles. The monoisotopic (exact) mass is 338 g/mol. The molecule has 1 unspecified atom stereocenters. The van der Waals surface area contributed by atoms with Gasteiger partial charge in [0.25, 0.3) is 0 Å². The Kier molecular flexibility index (Phi) is 5.27. The summed E-state index contributed by atoms with van der Waals surface area (Å²) in [7, 11) is 0. The number of para-hydroxylation sites is 1. The Hall–Kier alpha value is -2.49. The van der Waals surface area contributed by atoms with Crippen LogP contribution in [0, 0.1) is 0 Å². The lowest BCUT2D eigenvalue weighted by atomic mass is 10.0. The molecule has 0 fully saturated rings. The number of amides is 2. The molecule has 0 spiro atoms. The lowest BCUT2D eigenvalue weighted by molar-refractivity contribution is 0.240. The fourth-order valence-electron chi connectivity index (χ4n) is 3.25. The number of anilines is 1. The van der Waals surface area contributed by atoms with E-state index in [1.165, 1.54) is 11.1 Å². The molecule has 1 heterocycles. The van der Waals surface area contributed by atoms with Crippen molar-refractivity contribution in [2.24, 2.45) is 0 Å². The number of hydrogen-bond donors (Lipinski definition) is 1. The van der Waals surface area contributed by atoms with E-state index in [9.17, 15) is 4.79 Å². The molecule has 0 radical (unpaired) electrons. The Labute approximate surface area is 149 Å². The quantitative estimate of drug-likeness (QED) is 0.824. The van der Waals surface area contributed by atoms with Crippen LogP contribution in [-0.4, -0.2) is 25.2 Å². The van der Waals surface area contributed by atoms with E-state index in [1.807, 2.05) is 35.2 Å². The normalized spacial score (nSPS) is 16.0. The maximum absolute atomic E-state index is 12.5. The van der Waals surface area contributed by atoms with E-state index in [4.69, 9.17) is 4.74 Å². The average Bonchev–Trinajstić information content (AvgIpc) is 2.94. The van der Waals surface area contributed by atoms with Crippen LogP contribution in [0.15, 0.2) is 48.5 Å². The predicted molar refractivity (Wildman–Crippen MR) is 102 cm³/mol.